The van der Waals surface area contributed by atoms with Crippen LogP contribution in [0.4, 0.5) is 5.69 Å². The van der Waals surface area contributed by atoms with E-state index < -0.39 is 0 Å². The summed E-state index contributed by atoms with van der Waals surface area (Å²) in [4.78, 5) is 26.0. The van der Waals surface area contributed by atoms with Crippen LogP contribution in [0, 0.1) is 0 Å². The lowest BCUT2D eigenvalue weighted by molar-refractivity contribution is -0.128. The second kappa shape index (κ2) is 7.78. The average molecular weight is 293 g/mol. The normalized spacial score (nSPS) is 17.8. The first-order valence-corrected chi connectivity index (χ1v) is 7.47. The van der Waals surface area contributed by atoms with Crippen LogP contribution in [0.5, 0.6) is 0 Å². The van der Waals surface area contributed by atoms with Crippen LogP contribution in [0.25, 0.3) is 0 Å². The zero-order valence-electron chi connectivity index (χ0n) is 12.4. The Hall–Kier alpha value is -1.89. The van der Waals surface area contributed by atoms with Crippen molar-refractivity contribution in [1.82, 2.24) is 20.4 Å². The van der Waals surface area contributed by atoms with E-state index in [0.717, 1.165) is 25.9 Å². The highest BCUT2D eigenvalue weighted by molar-refractivity contribution is 5.94. The maximum Gasteiger partial charge on any atom is 0.243 e. The highest BCUT2D eigenvalue weighted by Gasteiger charge is 2.22. The molecule has 1 aromatic rings. The van der Waals surface area contributed by atoms with Crippen LogP contribution in [0.3, 0.4) is 0 Å². The second-order valence-electron chi connectivity index (χ2n) is 5.38. The number of nitrogens with one attached hydrogen (secondary N) is 3. The lowest BCUT2D eigenvalue weighted by Crippen LogP contribution is -2.47. The molecule has 0 aromatic carbocycles. The van der Waals surface area contributed by atoms with Gasteiger partial charge in [0.25, 0.3) is 0 Å². The molecule has 0 spiro atoms. The van der Waals surface area contributed by atoms with Gasteiger partial charge in [0.2, 0.25) is 11.8 Å². The molecule has 7 heteroatoms. The second-order valence-corrected chi connectivity index (χ2v) is 5.38. The summed E-state index contributed by atoms with van der Waals surface area (Å²) in [5.74, 6) is -0.355. The molecule has 0 bridgehead atoms. The molecule has 0 saturated carbocycles. The van der Waals surface area contributed by atoms with Crippen LogP contribution < -0.4 is 10.6 Å². The Morgan fingerprint density at radius 1 is 1.33 bits per heavy atom. The maximum absolute atomic E-state index is 12.1. The van der Waals surface area contributed by atoms with Crippen molar-refractivity contribution in [2.45, 2.75) is 38.6 Å². The molecule has 1 aromatic heterocycles. The molecule has 1 aliphatic heterocycles. The van der Waals surface area contributed by atoms with Crippen molar-refractivity contribution in [3.05, 3.63) is 12.4 Å². The van der Waals surface area contributed by atoms with E-state index in [-0.39, 0.29) is 24.4 Å². The van der Waals surface area contributed by atoms with Gasteiger partial charge in [-0.15, -0.1) is 0 Å². The van der Waals surface area contributed by atoms with E-state index in [1.54, 1.807) is 6.20 Å². The average Bonchev–Trinajstić information content (AvgIpc) is 2.83. The standard InChI is InChI=1S/C14H23N5O2/c1-11(19-6-4-2-3-5-7-19)14(21)15-10-13(20)18-12-8-16-17-9-12/h8-9,11H,2-7,10H2,1H3,(H,15,21)(H,16,17)(H,18,20)/t11-/m1/s1. The Bertz CT molecular complexity index is 452. The van der Waals surface area contributed by atoms with Gasteiger partial charge in [0, 0.05) is 6.20 Å². The van der Waals surface area contributed by atoms with E-state index in [0.29, 0.717) is 5.69 Å². The highest BCUT2D eigenvalue weighted by Crippen LogP contribution is 2.12. The topological polar surface area (TPSA) is 90.1 Å². The third-order valence-electron chi connectivity index (χ3n) is 3.77. The molecular formula is C14H23N5O2. The van der Waals surface area contributed by atoms with E-state index in [2.05, 4.69) is 25.7 Å². The third-order valence-corrected chi connectivity index (χ3v) is 3.77. The minimum absolute atomic E-state index is 0.0256. The first-order valence-electron chi connectivity index (χ1n) is 7.47. The molecule has 7 nitrogen and oxygen atoms in total. The van der Waals surface area contributed by atoms with Crippen LogP contribution in [0.2, 0.25) is 0 Å². The van der Waals surface area contributed by atoms with Crippen LogP contribution >= 0.6 is 0 Å². The van der Waals surface area contributed by atoms with E-state index >= 15 is 0 Å². The summed E-state index contributed by atoms with van der Waals surface area (Å²) in [7, 11) is 0. The van der Waals surface area contributed by atoms with Crippen molar-refractivity contribution >= 4 is 17.5 Å². The molecule has 21 heavy (non-hydrogen) atoms. The molecule has 1 fully saturated rings. The van der Waals surface area contributed by atoms with E-state index in [9.17, 15) is 9.59 Å². The molecule has 2 amide bonds. The van der Waals surface area contributed by atoms with E-state index in [1.807, 2.05) is 6.92 Å². The van der Waals surface area contributed by atoms with Crippen LogP contribution in [-0.4, -0.2) is 52.6 Å². The smallest absolute Gasteiger partial charge is 0.243 e. The van der Waals surface area contributed by atoms with Gasteiger partial charge in [0.1, 0.15) is 0 Å². The van der Waals surface area contributed by atoms with Crippen molar-refractivity contribution < 1.29 is 9.59 Å². The predicted octanol–water partition coefficient (Wildman–Crippen LogP) is 0.729. The summed E-state index contributed by atoms with van der Waals surface area (Å²) in [6.07, 6.45) is 7.84. The van der Waals surface area contributed by atoms with Crippen LogP contribution in [0.1, 0.15) is 32.6 Å². The first kappa shape index (κ1) is 15.5. The van der Waals surface area contributed by atoms with Gasteiger partial charge in [-0.05, 0) is 32.9 Å². The minimum Gasteiger partial charge on any atom is -0.346 e. The Balaban J connectivity index is 1.73. The molecule has 3 N–H and O–H groups in total. The number of carbonyl (C=O) groups excluding carboxylic acids is 2. The quantitative estimate of drug-likeness (QED) is 0.746. The van der Waals surface area contributed by atoms with Crippen molar-refractivity contribution in [3.63, 3.8) is 0 Å². The van der Waals surface area contributed by atoms with Gasteiger partial charge >= 0.3 is 0 Å². The molecule has 1 atom stereocenters. The fraction of sp³-hybridized carbons (Fsp3) is 0.643. The molecule has 2 rings (SSSR count). The fourth-order valence-corrected chi connectivity index (χ4v) is 2.49. The number of hydrogen-bond donors (Lipinski definition) is 3. The maximum atomic E-state index is 12.1. The van der Waals surface area contributed by atoms with Crippen LogP contribution in [-0.2, 0) is 9.59 Å². The Kier molecular flexibility index (Phi) is 5.74. The van der Waals surface area contributed by atoms with Gasteiger partial charge in [-0.25, -0.2) is 0 Å². The van der Waals surface area contributed by atoms with Crippen molar-refractivity contribution in [2.75, 3.05) is 25.0 Å². The third kappa shape index (κ3) is 4.86. The lowest BCUT2D eigenvalue weighted by atomic mass is 10.2. The zero-order chi connectivity index (χ0) is 15.1. The lowest BCUT2D eigenvalue weighted by Gasteiger charge is -2.26. The summed E-state index contributed by atoms with van der Waals surface area (Å²) in [5, 5.41) is 11.7. The molecule has 116 valence electrons. The molecule has 0 unspecified atom stereocenters. The number of aromatic nitrogens is 2. The van der Waals surface area contributed by atoms with Gasteiger partial charge < -0.3 is 10.6 Å². The highest BCUT2D eigenvalue weighted by atomic mass is 16.2. The molecule has 2 heterocycles. The Morgan fingerprint density at radius 3 is 2.67 bits per heavy atom. The number of anilines is 1. The minimum atomic E-state index is -0.257. The van der Waals surface area contributed by atoms with E-state index in [4.69, 9.17) is 0 Å². The van der Waals surface area contributed by atoms with Gasteiger partial charge in [-0.2, -0.15) is 5.10 Å². The molecule has 0 aliphatic carbocycles. The summed E-state index contributed by atoms with van der Waals surface area (Å²) >= 11 is 0. The number of likely N-dealkylation sites (tertiary alicyclic amines) is 1. The Labute approximate surface area is 124 Å². The van der Waals surface area contributed by atoms with Gasteiger partial charge in [0.05, 0.1) is 24.5 Å². The number of carbonyl (C=O) groups is 2. The van der Waals surface area contributed by atoms with Gasteiger partial charge in [-0.1, -0.05) is 12.8 Å². The number of amides is 2. The summed E-state index contributed by atoms with van der Waals surface area (Å²) in [6, 6.07) is -0.190. The van der Waals surface area contributed by atoms with E-state index in [1.165, 1.54) is 19.0 Å². The number of nitrogens with zero attached hydrogens (tertiary/aromatic N) is 2. The number of aromatic amines is 1. The largest absolute Gasteiger partial charge is 0.346 e. The number of rotatable bonds is 5. The molecule has 0 radical (unpaired) electrons. The summed E-state index contributed by atoms with van der Waals surface area (Å²) in [6.45, 7) is 3.78. The van der Waals surface area contributed by atoms with Gasteiger partial charge in [0.15, 0.2) is 0 Å². The fourth-order valence-electron chi connectivity index (χ4n) is 2.49. The first-order chi connectivity index (χ1) is 10.2. The van der Waals surface area contributed by atoms with Crippen molar-refractivity contribution in [2.24, 2.45) is 0 Å². The summed E-state index contributed by atoms with van der Waals surface area (Å²) in [5.41, 5.74) is 0.592. The predicted molar refractivity (Wildman–Crippen MR) is 79.7 cm³/mol. The Morgan fingerprint density at radius 2 is 2.05 bits per heavy atom. The number of H-pyrrole nitrogens is 1. The van der Waals surface area contributed by atoms with Crippen LogP contribution in [0.15, 0.2) is 12.4 Å². The molecule has 1 aliphatic rings. The van der Waals surface area contributed by atoms with Crippen molar-refractivity contribution in [3.8, 4) is 0 Å². The van der Waals surface area contributed by atoms with Crippen molar-refractivity contribution in [1.29, 1.82) is 0 Å². The summed E-state index contributed by atoms with van der Waals surface area (Å²) < 4.78 is 0. The number of hydrogen-bond acceptors (Lipinski definition) is 4. The molecule has 1 saturated heterocycles. The zero-order valence-corrected chi connectivity index (χ0v) is 12.4. The monoisotopic (exact) mass is 293 g/mol. The van der Waals surface area contributed by atoms with Gasteiger partial charge in [-0.3, -0.25) is 19.6 Å². The molecular weight excluding hydrogens is 270 g/mol. The SMILES string of the molecule is C[C@H](C(=O)NCC(=O)Nc1cn[nH]c1)N1CCCCCC1.